The quantitative estimate of drug-likeness (QED) is 0.612. The van der Waals surface area contributed by atoms with E-state index in [1.165, 1.54) is 12.5 Å². The highest BCUT2D eigenvalue weighted by atomic mass is 19.2. The van der Waals surface area contributed by atoms with E-state index in [1.54, 1.807) is 28.9 Å². The molecular weight excluding hydrogens is 416 g/mol. The van der Waals surface area contributed by atoms with Crippen molar-refractivity contribution >= 4 is 16.9 Å². The Labute approximate surface area is 184 Å². The summed E-state index contributed by atoms with van der Waals surface area (Å²) in [5, 5.41) is 14.3. The fourth-order valence-corrected chi connectivity index (χ4v) is 4.59. The SMILES string of the molecule is O=C(O)c1nn(CC2CCO2)c2ccc(-c3cc(CN4CCCCC4)cc(F)c3F)cc12. The highest BCUT2D eigenvalue weighted by Gasteiger charge is 2.24. The van der Waals surface area contributed by atoms with Gasteiger partial charge in [0.05, 0.1) is 18.2 Å². The zero-order valence-electron chi connectivity index (χ0n) is 17.7. The number of aromatic carboxylic acids is 1. The molecule has 2 aliphatic rings. The van der Waals surface area contributed by atoms with Gasteiger partial charge in [0.2, 0.25) is 0 Å². The lowest BCUT2D eigenvalue weighted by atomic mass is 9.99. The lowest BCUT2D eigenvalue weighted by Crippen LogP contribution is -2.31. The molecule has 1 unspecified atom stereocenters. The predicted octanol–water partition coefficient (Wildman–Crippen LogP) is 4.45. The number of benzene rings is 2. The maximum Gasteiger partial charge on any atom is 0.357 e. The summed E-state index contributed by atoms with van der Waals surface area (Å²) in [4.78, 5) is 14.0. The number of nitrogens with zero attached hydrogens (tertiary/aromatic N) is 3. The number of hydrogen-bond acceptors (Lipinski definition) is 4. The zero-order chi connectivity index (χ0) is 22.2. The third-order valence-corrected chi connectivity index (χ3v) is 6.38. The van der Waals surface area contributed by atoms with Crippen LogP contribution in [0, 0.1) is 11.6 Å². The topological polar surface area (TPSA) is 67.6 Å². The molecule has 2 aromatic carbocycles. The van der Waals surface area contributed by atoms with Crippen LogP contribution in [0.3, 0.4) is 0 Å². The molecule has 2 fully saturated rings. The molecule has 2 aliphatic heterocycles. The lowest BCUT2D eigenvalue weighted by Gasteiger charge is -2.26. The van der Waals surface area contributed by atoms with Crippen molar-refractivity contribution in [3.05, 3.63) is 53.2 Å². The van der Waals surface area contributed by atoms with Crippen molar-refractivity contribution in [1.82, 2.24) is 14.7 Å². The molecule has 1 N–H and O–H groups in total. The van der Waals surface area contributed by atoms with Crippen molar-refractivity contribution in [2.75, 3.05) is 19.7 Å². The van der Waals surface area contributed by atoms with Gasteiger partial charge in [0.25, 0.3) is 0 Å². The second kappa shape index (κ2) is 8.60. The van der Waals surface area contributed by atoms with Crippen molar-refractivity contribution < 1.29 is 23.4 Å². The number of hydrogen-bond donors (Lipinski definition) is 1. The summed E-state index contributed by atoms with van der Waals surface area (Å²) in [6, 6.07) is 7.92. The van der Waals surface area contributed by atoms with Crippen LogP contribution >= 0.6 is 0 Å². The minimum atomic E-state index is -1.16. The molecule has 3 heterocycles. The molecule has 2 saturated heterocycles. The van der Waals surface area contributed by atoms with Crippen LogP contribution in [0.5, 0.6) is 0 Å². The van der Waals surface area contributed by atoms with Gasteiger partial charge in [0, 0.05) is 24.1 Å². The normalized spacial score (nSPS) is 19.2. The van der Waals surface area contributed by atoms with Crippen LogP contribution in [0.15, 0.2) is 30.3 Å². The first-order valence-electron chi connectivity index (χ1n) is 11.1. The third kappa shape index (κ3) is 4.00. The summed E-state index contributed by atoms with van der Waals surface area (Å²) in [6.07, 6.45) is 4.34. The molecule has 0 radical (unpaired) electrons. The van der Waals surface area contributed by atoms with Crippen molar-refractivity contribution in [2.45, 2.75) is 44.9 Å². The fraction of sp³-hybridized carbons (Fsp3) is 0.417. The van der Waals surface area contributed by atoms with E-state index < -0.39 is 17.6 Å². The summed E-state index contributed by atoms with van der Waals surface area (Å²) >= 11 is 0. The van der Waals surface area contributed by atoms with E-state index in [0.717, 1.165) is 32.4 Å². The first kappa shape index (κ1) is 21.0. The van der Waals surface area contributed by atoms with Crippen LogP contribution in [0.2, 0.25) is 0 Å². The number of carboxylic acids is 1. The summed E-state index contributed by atoms with van der Waals surface area (Å²) in [5.74, 6) is -2.99. The molecule has 0 bridgehead atoms. The molecule has 1 atom stereocenters. The van der Waals surface area contributed by atoms with Gasteiger partial charge in [-0.1, -0.05) is 12.5 Å². The Bertz CT molecular complexity index is 1170. The van der Waals surface area contributed by atoms with Gasteiger partial charge in [-0.2, -0.15) is 5.10 Å². The standard InChI is InChI=1S/C24H25F2N3O3/c25-20-11-15(13-28-7-2-1-3-8-28)10-18(22(20)26)16-4-5-21-19(12-16)23(24(30)31)27-29(21)14-17-6-9-32-17/h4-5,10-12,17H,1-3,6-9,13-14H2,(H,30,31). The fourth-order valence-electron chi connectivity index (χ4n) is 4.59. The number of piperidine rings is 1. The number of aromatic nitrogens is 2. The summed E-state index contributed by atoms with van der Waals surface area (Å²) in [7, 11) is 0. The molecule has 8 heteroatoms. The average Bonchev–Trinajstić information content (AvgIpc) is 3.12. The maximum absolute atomic E-state index is 14.8. The summed E-state index contributed by atoms with van der Waals surface area (Å²) < 4.78 is 36.3. The van der Waals surface area contributed by atoms with Gasteiger partial charge in [-0.05, 0) is 67.7 Å². The Morgan fingerprint density at radius 1 is 1.16 bits per heavy atom. The molecule has 0 aliphatic carbocycles. The Kier molecular flexibility index (Phi) is 5.65. The zero-order valence-corrected chi connectivity index (χ0v) is 17.7. The smallest absolute Gasteiger partial charge is 0.357 e. The Hall–Kier alpha value is -2.84. The molecular formula is C24H25F2N3O3. The monoisotopic (exact) mass is 441 g/mol. The average molecular weight is 441 g/mol. The number of ether oxygens (including phenoxy) is 1. The number of carbonyl (C=O) groups is 1. The highest BCUT2D eigenvalue weighted by Crippen LogP contribution is 2.31. The van der Waals surface area contributed by atoms with Crippen molar-refractivity contribution in [1.29, 1.82) is 0 Å². The van der Waals surface area contributed by atoms with E-state index in [9.17, 15) is 18.7 Å². The van der Waals surface area contributed by atoms with E-state index in [4.69, 9.17) is 4.74 Å². The molecule has 0 amide bonds. The molecule has 0 spiro atoms. The van der Waals surface area contributed by atoms with E-state index in [1.807, 2.05) is 0 Å². The van der Waals surface area contributed by atoms with Gasteiger partial charge in [-0.15, -0.1) is 0 Å². The van der Waals surface area contributed by atoms with Gasteiger partial charge in [0.1, 0.15) is 0 Å². The number of likely N-dealkylation sites (tertiary alicyclic amines) is 1. The molecule has 168 valence electrons. The van der Waals surface area contributed by atoms with Crippen LogP contribution in [0.1, 0.15) is 41.7 Å². The largest absolute Gasteiger partial charge is 0.476 e. The molecule has 5 rings (SSSR count). The van der Waals surface area contributed by atoms with Gasteiger partial charge < -0.3 is 9.84 Å². The van der Waals surface area contributed by atoms with Gasteiger partial charge in [0.15, 0.2) is 17.3 Å². The molecule has 3 aromatic rings. The molecule has 6 nitrogen and oxygen atoms in total. The van der Waals surface area contributed by atoms with E-state index in [0.29, 0.717) is 41.7 Å². The summed E-state index contributed by atoms with van der Waals surface area (Å²) in [6.45, 7) is 3.61. The first-order valence-corrected chi connectivity index (χ1v) is 11.1. The van der Waals surface area contributed by atoms with Crippen LogP contribution in [0.25, 0.3) is 22.0 Å². The predicted molar refractivity (Wildman–Crippen MR) is 116 cm³/mol. The molecule has 32 heavy (non-hydrogen) atoms. The van der Waals surface area contributed by atoms with E-state index in [2.05, 4.69) is 10.00 Å². The van der Waals surface area contributed by atoms with Crippen LogP contribution in [0.4, 0.5) is 8.78 Å². The van der Waals surface area contributed by atoms with E-state index in [-0.39, 0.29) is 17.4 Å². The lowest BCUT2D eigenvalue weighted by molar-refractivity contribution is -0.0603. The van der Waals surface area contributed by atoms with Crippen molar-refractivity contribution in [3.8, 4) is 11.1 Å². The van der Waals surface area contributed by atoms with Gasteiger partial charge in [-0.25, -0.2) is 13.6 Å². The minimum Gasteiger partial charge on any atom is -0.476 e. The Balaban J connectivity index is 1.53. The van der Waals surface area contributed by atoms with Gasteiger partial charge >= 0.3 is 5.97 Å². The number of halogens is 2. The Morgan fingerprint density at radius 3 is 2.62 bits per heavy atom. The number of fused-ring (bicyclic) bond motifs is 1. The summed E-state index contributed by atoms with van der Waals surface area (Å²) in [5.41, 5.74) is 1.79. The first-order chi connectivity index (χ1) is 15.5. The van der Waals surface area contributed by atoms with Crippen LogP contribution < -0.4 is 0 Å². The van der Waals surface area contributed by atoms with Crippen LogP contribution in [-0.4, -0.2) is 51.6 Å². The maximum atomic E-state index is 14.8. The second-order valence-corrected chi connectivity index (χ2v) is 8.63. The van der Waals surface area contributed by atoms with Crippen molar-refractivity contribution in [2.24, 2.45) is 0 Å². The second-order valence-electron chi connectivity index (χ2n) is 8.63. The van der Waals surface area contributed by atoms with Crippen LogP contribution in [-0.2, 0) is 17.8 Å². The minimum absolute atomic E-state index is 0.0115. The molecule has 1 aromatic heterocycles. The van der Waals surface area contributed by atoms with Crippen molar-refractivity contribution in [3.63, 3.8) is 0 Å². The van der Waals surface area contributed by atoms with Gasteiger partial charge in [-0.3, -0.25) is 9.58 Å². The molecule has 0 saturated carbocycles. The Morgan fingerprint density at radius 2 is 1.94 bits per heavy atom. The number of rotatable bonds is 6. The van der Waals surface area contributed by atoms with E-state index >= 15 is 0 Å². The number of carboxylic acid groups (broad SMARTS) is 1. The highest BCUT2D eigenvalue weighted by molar-refractivity contribution is 6.02. The third-order valence-electron chi connectivity index (χ3n) is 6.38.